The number of hydrogen-bond donors (Lipinski definition) is 2. The van der Waals surface area contributed by atoms with Gasteiger partial charge in [-0.05, 0) is 0 Å². The fourth-order valence-electron chi connectivity index (χ4n) is 1.16. The number of aldehydes is 1. The second-order valence-electron chi connectivity index (χ2n) is 3.05. The van der Waals surface area contributed by atoms with Gasteiger partial charge in [-0.25, -0.2) is 0 Å². The molecule has 15 heavy (non-hydrogen) atoms. The fourth-order valence-corrected chi connectivity index (χ4v) is 1.16. The van der Waals surface area contributed by atoms with Crippen LogP contribution in [0.15, 0.2) is 0 Å². The molecule has 6 heteroatoms. The van der Waals surface area contributed by atoms with Gasteiger partial charge in [-0.3, -0.25) is 0 Å². The van der Waals surface area contributed by atoms with Gasteiger partial charge in [0.2, 0.25) is 0 Å². The summed E-state index contributed by atoms with van der Waals surface area (Å²) in [4.78, 5) is 10.5. The van der Waals surface area contributed by atoms with Gasteiger partial charge < -0.3 is 29.2 Å². The van der Waals surface area contributed by atoms with Crippen LogP contribution in [-0.4, -0.2) is 68.9 Å². The van der Waals surface area contributed by atoms with Crippen molar-refractivity contribution < 1.29 is 29.2 Å². The zero-order valence-corrected chi connectivity index (χ0v) is 9.12. The average molecular weight is 222 g/mol. The van der Waals surface area contributed by atoms with Crippen molar-refractivity contribution in [3.8, 4) is 0 Å². The zero-order valence-electron chi connectivity index (χ0n) is 9.12. The standard InChI is InChI=1S/C9H18O6/c1-13-5-7(15-3)9(12)8(11)6(4-10)14-2/h4,6-9,11-12H,5H2,1-3H3/t6-,7+,8+,9-/m0/s1. The highest BCUT2D eigenvalue weighted by atomic mass is 16.5. The first kappa shape index (κ1) is 14.5. The minimum Gasteiger partial charge on any atom is -0.387 e. The number of carbonyl (C=O) groups is 1. The molecule has 0 aromatic heterocycles. The molecule has 4 atom stereocenters. The minimum absolute atomic E-state index is 0.115. The first-order valence-electron chi connectivity index (χ1n) is 4.48. The lowest BCUT2D eigenvalue weighted by Crippen LogP contribution is -2.48. The van der Waals surface area contributed by atoms with Crippen molar-refractivity contribution in [2.45, 2.75) is 24.4 Å². The summed E-state index contributed by atoms with van der Waals surface area (Å²) in [5.41, 5.74) is 0. The zero-order chi connectivity index (χ0) is 11.8. The largest absolute Gasteiger partial charge is 0.387 e. The molecule has 0 saturated heterocycles. The Balaban J connectivity index is 4.36. The molecule has 0 amide bonds. The lowest BCUT2D eigenvalue weighted by molar-refractivity contribution is -0.146. The Bertz CT molecular complexity index is 174. The third-order valence-corrected chi connectivity index (χ3v) is 2.11. The topological polar surface area (TPSA) is 85.2 Å². The third kappa shape index (κ3) is 4.23. The third-order valence-electron chi connectivity index (χ3n) is 2.11. The first-order chi connectivity index (χ1) is 7.12. The predicted octanol–water partition coefficient (Wildman–Crippen LogP) is -1.42. The number of rotatable bonds is 8. The Kier molecular flexibility index (Phi) is 7.45. The molecular weight excluding hydrogens is 204 g/mol. The van der Waals surface area contributed by atoms with Gasteiger partial charge in [-0.1, -0.05) is 0 Å². The highest BCUT2D eigenvalue weighted by molar-refractivity contribution is 5.57. The molecule has 0 aromatic carbocycles. The highest BCUT2D eigenvalue weighted by Crippen LogP contribution is 2.09. The summed E-state index contributed by atoms with van der Waals surface area (Å²) >= 11 is 0. The SMILES string of the molecule is COC[C@@H](OC)[C@H](O)[C@H](O)[C@H](C=O)OC. The van der Waals surface area contributed by atoms with Gasteiger partial charge in [0.1, 0.15) is 24.4 Å². The molecule has 0 heterocycles. The van der Waals surface area contributed by atoms with Crippen LogP contribution in [0.5, 0.6) is 0 Å². The predicted molar refractivity (Wildman–Crippen MR) is 51.5 cm³/mol. The van der Waals surface area contributed by atoms with Crippen LogP contribution in [0.1, 0.15) is 0 Å². The number of hydrogen-bond acceptors (Lipinski definition) is 6. The Labute approximate surface area is 88.7 Å². The van der Waals surface area contributed by atoms with Crippen LogP contribution >= 0.6 is 0 Å². The van der Waals surface area contributed by atoms with Gasteiger partial charge in [-0.2, -0.15) is 0 Å². The van der Waals surface area contributed by atoms with Crippen molar-refractivity contribution in [3.05, 3.63) is 0 Å². The van der Waals surface area contributed by atoms with Crippen LogP contribution < -0.4 is 0 Å². The maximum atomic E-state index is 10.5. The number of carbonyl (C=O) groups excluding carboxylic acids is 1. The molecule has 0 saturated carbocycles. The van der Waals surface area contributed by atoms with Crippen LogP contribution in [0.3, 0.4) is 0 Å². The van der Waals surface area contributed by atoms with Crippen molar-refractivity contribution in [1.29, 1.82) is 0 Å². The van der Waals surface area contributed by atoms with Crippen LogP contribution in [0.4, 0.5) is 0 Å². The van der Waals surface area contributed by atoms with E-state index < -0.39 is 24.4 Å². The molecule has 90 valence electrons. The maximum absolute atomic E-state index is 10.5. The Hall–Kier alpha value is -0.530. The van der Waals surface area contributed by atoms with Crippen molar-refractivity contribution >= 4 is 6.29 Å². The smallest absolute Gasteiger partial charge is 0.151 e. The molecule has 0 fully saturated rings. The maximum Gasteiger partial charge on any atom is 0.151 e. The van der Waals surface area contributed by atoms with E-state index in [-0.39, 0.29) is 6.61 Å². The van der Waals surface area contributed by atoms with Crippen LogP contribution in [0.2, 0.25) is 0 Å². The highest BCUT2D eigenvalue weighted by Gasteiger charge is 2.32. The normalized spacial score (nSPS) is 19.3. The van der Waals surface area contributed by atoms with E-state index in [4.69, 9.17) is 9.47 Å². The molecule has 2 N–H and O–H groups in total. The van der Waals surface area contributed by atoms with E-state index >= 15 is 0 Å². The van der Waals surface area contributed by atoms with Gasteiger partial charge in [0, 0.05) is 21.3 Å². The molecule has 6 nitrogen and oxygen atoms in total. The van der Waals surface area contributed by atoms with E-state index in [9.17, 15) is 15.0 Å². The fraction of sp³-hybridized carbons (Fsp3) is 0.889. The summed E-state index contributed by atoms with van der Waals surface area (Å²) in [6, 6.07) is 0. The summed E-state index contributed by atoms with van der Waals surface area (Å²) in [6.45, 7) is 0.115. The summed E-state index contributed by atoms with van der Waals surface area (Å²) in [5, 5.41) is 19.2. The lowest BCUT2D eigenvalue weighted by atomic mass is 10.0. The van der Waals surface area contributed by atoms with Crippen molar-refractivity contribution in [1.82, 2.24) is 0 Å². The monoisotopic (exact) mass is 222 g/mol. The van der Waals surface area contributed by atoms with Gasteiger partial charge >= 0.3 is 0 Å². The second kappa shape index (κ2) is 7.72. The van der Waals surface area contributed by atoms with E-state index in [1.165, 1.54) is 21.3 Å². The second-order valence-corrected chi connectivity index (χ2v) is 3.05. The molecule has 0 aliphatic heterocycles. The number of methoxy groups -OCH3 is 3. The minimum atomic E-state index is -1.34. The van der Waals surface area contributed by atoms with Crippen molar-refractivity contribution in [3.63, 3.8) is 0 Å². The first-order valence-corrected chi connectivity index (χ1v) is 4.48. The van der Waals surface area contributed by atoms with E-state index in [1.54, 1.807) is 0 Å². The van der Waals surface area contributed by atoms with Gasteiger partial charge in [0.05, 0.1) is 6.61 Å². The molecular formula is C9H18O6. The van der Waals surface area contributed by atoms with E-state index in [0.717, 1.165) is 0 Å². The van der Waals surface area contributed by atoms with E-state index in [2.05, 4.69) is 4.74 Å². The Morgan fingerprint density at radius 3 is 2.07 bits per heavy atom. The molecule has 0 rings (SSSR count). The quantitative estimate of drug-likeness (QED) is 0.490. The molecule has 0 aliphatic carbocycles. The van der Waals surface area contributed by atoms with Gasteiger partial charge in [0.15, 0.2) is 6.29 Å². The lowest BCUT2D eigenvalue weighted by Gasteiger charge is -2.27. The van der Waals surface area contributed by atoms with Crippen LogP contribution in [0, 0.1) is 0 Å². The van der Waals surface area contributed by atoms with Crippen molar-refractivity contribution in [2.24, 2.45) is 0 Å². The number of aliphatic hydroxyl groups excluding tert-OH is 2. The van der Waals surface area contributed by atoms with Gasteiger partial charge in [0.25, 0.3) is 0 Å². The van der Waals surface area contributed by atoms with Gasteiger partial charge in [-0.15, -0.1) is 0 Å². The molecule has 0 aliphatic rings. The number of aliphatic hydroxyl groups is 2. The summed E-state index contributed by atoms with van der Waals surface area (Å²) < 4.78 is 14.4. The van der Waals surface area contributed by atoms with E-state index in [0.29, 0.717) is 6.29 Å². The Morgan fingerprint density at radius 2 is 1.73 bits per heavy atom. The Morgan fingerprint density at radius 1 is 1.13 bits per heavy atom. The summed E-state index contributed by atoms with van der Waals surface area (Å²) in [5.74, 6) is 0. The van der Waals surface area contributed by atoms with E-state index in [1.807, 2.05) is 0 Å². The number of ether oxygens (including phenoxy) is 3. The average Bonchev–Trinajstić information content (AvgIpc) is 2.26. The molecule has 0 unspecified atom stereocenters. The van der Waals surface area contributed by atoms with Crippen LogP contribution in [-0.2, 0) is 19.0 Å². The summed E-state index contributed by atoms with van der Waals surface area (Å²) in [6.07, 6.45) is -3.94. The summed E-state index contributed by atoms with van der Waals surface area (Å²) in [7, 11) is 4.09. The molecule has 0 aromatic rings. The van der Waals surface area contributed by atoms with Crippen molar-refractivity contribution in [2.75, 3.05) is 27.9 Å². The molecule has 0 radical (unpaired) electrons. The molecule has 0 spiro atoms. The molecule has 0 bridgehead atoms. The van der Waals surface area contributed by atoms with Crippen LogP contribution in [0.25, 0.3) is 0 Å².